The van der Waals surface area contributed by atoms with Crippen LogP contribution in [0, 0.1) is 6.92 Å². The third kappa shape index (κ3) is 2.80. The summed E-state index contributed by atoms with van der Waals surface area (Å²) >= 11 is 3.47. The second-order valence-corrected chi connectivity index (χ2v) is 7.22. The highest BCUT2D eigenvalue weighted by Crippen LogP contribution is 2.32. The van der Waals surface area contributed by atoms with E-state index in [9.17, 15) is 4.79 Å². The number of ether oxygens (including phenoxy) is 1. The molecule has 0 fully saturated rings. The molecule has 3 heterocycles. The van der Waals surface area contributed by atoms with Crippen molar-refractivity contribution in [1.82, 2.24) is 9.97 Å². The summed E-state index contributed by atoms with van der Waals surface area (Å²) in [5.41, 5.74) is 5.25. The van der Waals surface area contributed by atoms with Crippen molar-refractivity contribution in [2.24, 2.45) is 0 Å². The molecule has 0 amide bonds. The molecule has 0 saturated heterocycles. The average molecular weight is 400 g/mol. The Morgan fingerprint density at radius 1 is 1.36 bits per heavy atom. The number of aromatic amines is 1. The van der Waals surface area contributed by atoms with Crippen LogP contribution in [-0.4, -0.2) is 29.6 Å². The number of methoxy groups -OCH3 is 1. The topological polar surface area (TPSA) is 58.2 Å². The number of hydrogen-bond donors (Lipinski definition) is 1. The Morgan fingerprint density at radius 3 is 2.96 bits per heavy atom. The maximum Gasteiger partial charge on any atom is 0.337 e. The number of esters is 1. The van der Waals surface area contributed by atoms with Crippen LogP contribution in [0.5, 0.6) is 0 Å². The number of aromatic nitrogens is 2. The van der Waals surface area contributed by atoms with Crippen molar-refractivity contribution >= 4 is 38.6 Å². The molecule has 0 aliphatic carbocycles. The summed E-state index contributed by atoms with van der Waals surface area (Å²) in [5, 5.41) is 1.08. The SMILES string of the molecule is COC(=O)c1ccc2[nH]c3c(c2c1)CN(c1ncc(Br)cc1C)CC3. The van der Waals surface area contributed by atoms with E-state index in [4.69, 9.17) is 4.74 Å². The number of rotatable bonds is 2. The van der Waals surface area contributed by atoms with E-state index in [1.807, 2.05) is 18.3 Å². The summed E-state index contributed by atoms with van der Waals surface area (Å²) in [4.78, 5) is 22.2. The van der Waals surface area contributed by atoms with Crippen molar-refractivity contribution in [2.75, 3.05) is 18.6 Å². The standard InChI is InChI=1S/C19H18BrN3O2/c1-11-7-13(20)9-21-18(11)23-6-5-17-15(10-23)14-8-12(19(24)25-2)3-4-16(14)22-17/h3-4,7-9,22H,5-6,10H2,1-2H3. The molecular formula is C19H18BrN3O2. The van der Waals surface area contributed by atoms with Gasteiger partial charge in [-0.2, -0.15) is 0 Å². The van der Waals surface area contributed by atoms with Gasteiger partial charge in [-0.05, 0) is 52.7 Å². The number of H-pyrrole nitrogens is 1. The van der Waals surface area contributed by atoms with E-state index in [2.05, 4.69) is 43.8 Å². The molecule has 25 heavy (non-hydrogen) atoms. The Morgan fingerprint density at radius 2 is 2.20 bits per heavy atom. The maximum atomic E-state index is 11.9. The number of nitrogens with zero attached hydrogens (tertiary/aromatic N) is 2. The van der Waals surface area contributed by atoms with Crippen LogP contribution in [-0.2, 0) is 17.7 Å². The highest BCUT2D eigenvalue weighted by molar-refractivity contribution is 9.10. The Balaban J connectivity index is 1.75. The molecule has 0 unspecified atom stereocenters. The summed E-state index contributed by atoms with van der Waals surface area (Å²) in [6, 6.07) is 7.76. The van der Waals surface area contributed by atoms with Crippen LogP contribution in [0.3, 0.4) is 0 Å². The van der Waals surface area contributed by atoms with Gasteiger partial charge >= 0.3 is 5.97 Å². The molecule has 0 spiro atoms. The van der Waals surface area contributed by atoms with E-state index in [1.54, 1.807) is 6.07 Å². The van der Waals surface area contributed by atoms with Crippen LogP contribution in [0.4, 0.5) is 5.82 Å². The fourth-order valence-corrected chi connectivity index (χ4v) is 3.95. The van der Waals surface area contributed by atoms with Crippen molar-refractivity contribution in [2.45, 2.75) is 19.9 Å². The fourth-order valence-electron chi connectivity index (χ4n) is 3.50. The summed E-state index contributed by atoms with van der Waals surface area (Å²) < 4.78 is 5.84. The minimum Gasteiger partial charge on any atom is -0.465 e. The quantitative estimate of drug-likeness (QED) is 0.662. The monoisotopic (exact) mass is 399 g/mol. The molecule has 5 nitrogen and oxygen atoms in total. The number of hydrogen-bond acceptors (Lipinski definition) is 4. The number of pyridine rings is 1. The molecule has 1 N–H and O–H groups in total. The van der Waals surface area contributed by atoms with E-state index in [1.165, 1.54) is 18.4 Å². The molecule has 0 bridgehead atoms. The molecule has 1 aliphatic heterocycles. The fraction of sp³-hybridized carbons (Fsp3) is 0.263. The first-order valence-electron chi connectivity index (χ1n) is 8.15. The molecule has 0 radical (unpaired) electrons. The molecule has 3 aromatic rings. The van der Waals surface area contributed by atoms with Crippen molar-refractivity contribution < 1.29 is 9.53 Å². The molecule has 2 aromatic heterocycles. The number of carbonyl (C=O) groups excluding carboxylic acids is 1. The van der Waals surface area contributed by atoms with Gasteiger partial charge in [0.25, 0.3) is 0 Å². The van der Waals surface area contributed by atoms with Crippen LogP contribution >= 0.6 is 15.9 Å². The van der Waals surface area contributed by atoms with Crippen molar-refractivity contribution in [3.05, 3.63) is 57.3 Å². The van der Waals surface area contributed by atoms with Crippen LogP contribution in [0.2, 0.25) is 0 Å². The number of halogens is 1. The highest BCUT2D eigenvalue weighted by atomic mass is 79.9. The summed E-state index contributed by atoms with van der Waals surface area (Å²) in [6.45, 7) is 3.77. The van der Waals surface area contributed by atoms with E-state index in [0.29, 0.717) is 5.56 Å². The Bertz CT molecular complexity index is 980. The highest BCUT2D eigenvalue weighted by Gasteiger charge is 2.23. The number of anilines is 1. The zero-order chi connectivity index (χ0) is 17.6. The third-order valence-corrected chi connectivity index (χ3v) is 5.15. The molecule has 1 aliphatic rings. The predicted molar refractivity (Wildman–Crippen MR) is 101 cm³/mol. The molecule has 0 saturated carbocycles. The Kier molecular flexibility index (Phi) is 4.00. The first-order chi connectivity index (χ1) is 12.1. The molecule has 6 heteroatoms. The number of aryl methyl sites for hydroxylation is 1. The lowest BCUT2D eigenvalue weighted by molar-refractivity contribution is 0.0601. The van der Waals surface area contributed by atoms with Gasteiger partial charge in [-0.25, -0.2) is 9.78 Å². The number of carbonyl (C=O) groups is 1. The van der Waals surface area contributed by atoms with E-state index < -0.39 is 0 Å². The van der Waals surface area contributed by atoms with Crippen molar-refractivity contribution in [1.29, 1.82) is 0 Å². The average Bonchev–Trinajstić information content (AvgIpc) is 2.98. The third-order valence-electron chi connectivity index (χ3n) is 4.71. The molecule has 0 atom stereocenters. The largest absolute Gasteiger partial charge is 0.465 e. The zero-order valence-electron chi connectivity index (χ0n) is 14.1. The van der Waals surface area contributed by atoms with Gasteiger partial charge in [0.15, 0.2) is 0 Å². The van der Waals surface area contributed by atoms with E-state index in [0.717, 1.165) is 46.3 Å². The first-order valence-corrected chi connectivity index (χ1v) is 8.95. The van der Waals surface area contributed by atoms with Gasteiger partial charge < -0.3 is 14.6 Å². The van der Waals surface area contributed by atoms with Crippen molar-refractivity contribution in [3.63, 3.8) is 0 Å². The van der Waals surface area contributed by atoms with Crippen molar-refractivity contribution in [3.8, 4) is 0 Å². The predicted octanol–water partition coefficient (Wildman–Crippen LogP) is 3.98. The molecule has 4 rings (SSSR count). The van der Waals surface area contributed by atoms with Crippen LogP contribution in [0.25, 0.3) is 10.9 Å². The number of nitrogens with one attached hydrogen (secondary N) is 1. The first kappa shape index (κ1) is 16.1. The summed E-state index contributed by atoms with van der Waals surface area (Å²) in [5.74, 6) is 0.697. The molecular weight excluding hydrogens is 382 g/mol. The van der Waals surface area contributed by atoms with Crippen LogP contribution in [0.1, 0.15) is 27.2 Å². The maximum absolute atomic E-state index is 11.9. The summed E-state index contributed by atoms with van der Waals surface area (Å²) in [6.07, 6.45) is 2.76. The van der Waals surface area contributed by atoms with Gasteiger partial charge in [-0.15, -0.1) is 0 Å². The van der Waals surface area contributed by atoms with Gasteiger partial charge in [-0.1, -0.05) is 0 Å². The van der Waals surface area contributed by atoms with Gasteiger partial charge in [0.05, 0.1) is 12.7 Å². The van der Waals surface area contributed by atoms with E-state index >= 15 is 0 Å². The number of fused-ring (bicyclic) bond motifs is 3. The molecule has 128 valence electrons. The lowest BCUT2D eigenvalue weighted by Crippen LogP contribution is -2.31. The minimum atomic E-state index is -0.310. The van der Waals surface area contributed by atoms with Crippen LogP contribution in [0.15, 0.2) is 34.9 Å². The second kappa shape index (κ2) is 6.19. The van der Waals surface area contributed by atoms with Crippen LogP contribution < -0.4 is 4.90 Å². The summed E-state index contributed by atoms with van der Waals surface area (Å²) in [7, 11) is 1.41. The smallest absolute Gasteiger partial charge is 0.337 e. The lowest BCUT2D eigenvalue weighted by atomic mass is 10.0. The second-order valence-electron chi connectivity index (χ2n) is 6.30. The number of benzene rings is 1. The van der Waals surface area contributed by atoms with Gasteiger partial charge in [0, 0.05) is 52.3 Å². The van der Waals surface area contributed by atoms with Gasteiger partial charge in [0.2, 0.25) is 0 Å². The molecule has 1 aromatic carbocycles. The Labute approximate surface area is 154 Å². The lowest BCUT2D eigenvalue weighted by Gasteiger charge is -2.29. The Hall–Kier alpha value is -2.34. The van der Waals surface area contributed by atoms with Gasteiger partial charge in [0.1, 0.15) is 5.82 Å². The van der Waals surface area contributed by atoms with E-state index in [-0.39, 0.29) is 5.97 Å². The minimum absolute atomic E-state index is 0.310. The zero-order valence-corrected chi connectivity index (χ0v) is 15.7. The van der Waals surface area contributed by atoms with Gasteiger partial charge in [-0.3, -0.25) is 0 Å². The normalized spacial score (nSPS) is 13.8.